The van der Waals surface area contributed by atoms with Gasteiger partial charge in [-0.3, -0.25) is 4.79 Å². The highest BCUT2D eigenvalue weighted by Gasteiger charge is 2.08. The van der Waals surface area contributed by atoms with Gasteiger partial charge in [0.1, 0.15) is 6.07 Å². The number of rotatable bonds is 6. The Kier molecular flexibility index (Phi) is 5.19. The van der Waals surface area contributed by atoms with Crippen LogP contribution in [0.3, 0.4) is 0 Å². The van der Waals surface area contributed by atoms with E-state index in [1.54, 1.807) is 6.07 Å². The minimum Gasteiger partial charge on any atom is -0.481 e. The molecule has 0 saturated heterocycles. The van der Waals surface area contributed by atoms with Crippen LogP contribution in [0.2, 0.25) is 0 Å². The monoisotopic (exact) mass is 246 g/mol. The van der Waals surface area contributed by atoms with E-state index in [-0.39, 0.29) is 12.3 Å². The molecule has 2 N–H and O–H groups in total. The maximum atomic E-state index is 10.5. The van der Waals surface area contributed by atoms with Gasteiger partial charge in [-0.15, -0.1) is 0 Å². The number of hydrogen-bond acceptors (Lipinski definition) is 3. The van der Waals surface area contributed by atoms with E-state index in [2.05, 4.69) is 11.4 Å². The number of para-hydroxylation sites is 1. The quantitative estimate of drug-likeness (QED) is 0.809. The predicted molar refractivity (Wildman–Crippen MR) is 70.4 cm³/mol. The van der Waals surface area contributed by atoms with Crippen LogP contribution in [0.25, 0.3) is 0 Å². The summed E-state index contributed by atoms with van der Waals surface area (Å²) in [4.78, 5) is 10.5. The van der Waals surface area contributed by atoms with E-state index in [0.717, 1.165) is 11.3 Å². The number of hydrogen-bond donors (Lipinski definition) is 2. The molecule has 0 bridgehead atoms. The molecule has 0 aliphatic rings. The fourth-order valence-electron chi connectivity index (χ4n) is 1.74. The second kappa shape index (κ2) is 6.65. The molecule has 0 amide bonds. The summed E-state index contributed by atoms with van der Waals surface area (Å²) in [6.07, 6.45) is 0.817. The first-order valence-electron chi connectivity index (χ1n) is 6.00. The first kappa shape index (κ1) is 14.0. The number of anilines is 1. The third kappa shape index (κ3) is 4.10. The van der Waals surface area contributed by atoms with Crippen LogP contribution in [0, 0.1) is 24.2 Å². The number of nitrogens with zero attached hydrogens (tertiary/aromatic N) is 1. The van der Waals surface area contributed by atoms with Crippen molar-refractivity contribution in [3.8, 4) is 6.07 Å². The van der Waals surface area contributed by atoms with Gasteiger partial charge in [0.2, 0.25) is 0 Å². The molecule has 1 rings (SSSR count). The maximum Gasteiger partial charge on any atom is 0.303 e. The number of aliphatic carboxylic acids is 1. The minimum absolute atomic E-state index is 0.182. The van der Waals surface area contributed by atoms with E-state index >= 15 is 0 Å². The Balaban J connectivity index is 2.58. The number of carboxylic acids is 1. The summed E-state index contributed by atoms with van der Waals surface area (Å²) in [5, 5.41) is 20.9. The molecule has 18 heavy (non-hydrogen) atoms. The van der Waals surface area contributed by atoms with Gasteiger partial charge in [0.05, 0.1) is 11.3 Å². The van der Waals surface area contributed by atoms with Crippen molar-refractivity contribution >= 4 is 11.7 Å². The van der Waals surface area contributed by atoms with Gasteiger partial charge in [0.15, 0.2) is 0 Å². The number of carbonyl (C=O) groups is 1. The lowest BCUT2D eigenvalue weighted by molar-refractivity contribution is -0.137. The van der Waals surface area contributed by atoms with Crippen LogP contribution in [0.5, 0.6) is 0 Å². The van der Waals surface area contributed by atoms with Crippen LogP contribution < -0.4 is 5.32 Å². The zero-order valence-electron chi connectivity index (χ0n) is 10.7. The van der Waals surface area contributed by atoms with Crippen molar-refractivity contribution in [3.63, 3.8) is 0 Å². The molecule has 0 fully saturated rings. The van der Waals surface area contributed by atoms with Gasteiger partial charge >= 0.3 is 5.97 Å². The molecule has 1 unspecified atom stereocenters. The molecule has 0 aliphatic heterocycles. The van der Waals surface area contributed by atoms with Crippen LogP contribution in [0.15, 0.2) is 18.2 Å². The molecule has 1 aromatic carbocycles. The molecule has 0 spiro atoms. The largest absolute Gasteiger partial charge is 0.481 e. The van der Waals surface area contributed by atoms with Gasteiger partial charge in [0, 0.05) is 13.0 Å². The lowest BCUT2D eigenvalue weighted by atomic mass is 10.0. The lowest BCUT2D eigenvalue weighted by Crippen LogP contribution is -2.14. The maximum absolute atomic E-state index is 10.5. The van der Waals surface area contributed by atoms with E-state index in [1.807, 2.05) is 26.0 Å². The van der Waals surface area contributed by atoms with Gasteiger partial charge in [-0.25, -0.2) is 0 Å². The normalized spacial score (nSPS) is 11.6. The number of nitriles is 1. The Morgan fingerprint density at radius 3 is 2.89 bits per heavy atom. The van der Waals surface area contributed by atoms with E-state index in [0.29, 0.717) is 18.5 Å². The SMILES string of the molecule is Cc1cccc(C#N)c1NCC(C)CCC(=O)O. The predicted octanol–water partition coefficient (Wildman–Crippen LogP) is 2.78. The molecular weight excluding hydrogens is 228 g/mol. The minimum atomic E-state index is -0.768. The molecule has 4 heteroatoms. The average Bonchev–Trinajstić information content (AvgIpc) is 2.34. The first-order chi connectivity index (χ1) is 8.54. The Bertz CT molecular complexity index is 463. The highest BCUT2D eigenvalue weighted by Crippen LogP contribution is 2.20. The summed E-state index contributed by atoms with van der Waals surface area (Å²) in [5.41, 5.74) is 2.50. The Morgan fingerprint density at radius 1 is 1.56 bits per heavy atom. The van der Waals surface area contributed by atoms with Crippen LogP contribution >= 0.6 is 0 Å². The second-order valence-corrected chi connectivity index (χ2v) is 4.53. The number of benzene rings is 1. The van der Waals surface area contributed by atoms with Gasteiger partial charge in [-0.05, 0) is 30.9 Å². The van der Waals surface area contributed by atoms with Crippen LogP contribution in [-0.2, 0) is 4.79 Å². The van der Waals surface area contributed by atoms with Gasteiger partial charge in [-0.2, -0.15) is 5.26 Å². The van der Waals surface area contributed by atoms with Gasteiger partial charge < -0.3 is 10.4 Å². The Hall–Kier alpha value is -2.02. The van der Waals surface area contributed by atoms with Crippen molar-refractivity contribution < 1.29 is 9.90 Å². The van der Waals surface area contributed by atoms with E-state index in [9.17, 15) is 4.79 Å². The third-order valence-electron chi connectivity index (χ3n) is 2.87. The van der Waals surface area contributed by atoms with Gasteiger partial charge in [0.25, 0.3) is 0 Å². The summed E-state index contributed by atoms with van der Waals surface area (Å²) >= 11 is 0. The van der Waals surface area contributed by atoms with Crippen molar-refractivity contribution in [1.29, 1.82) is 5.26 Å². The highest BCUT2D eigenvalue weighted by molar-refractivity contribution is 5.66. The van der Waals surface area contributed by atoms with E-state index < -0.39 is 5.97 Å². The Labute approximate surface area is 107 Å². The zero-order chi connectivity index (χ0) is 13.5. The van der Waals surface area contributed by atoms with E-state index in [1.165, 1.54) is 0 Å². The van der Waals surface area contributed by atoms with Crippen molar-refractivity contribution in [1.82, 2.24) is 0 Å². The molecule has 4 nitrogen and oxygen atoms in total. The average molecular weight is 246 g/mol. The summed E-state index contributed by atoms with van der Waals surface area (Å²) in [6, 6.07) is 7.73. The molecule has 0 radical (unpaired) electrons. The first-order valence-corrected chi connectivity index (χ1v) is 6.00. The molecular formula is C14H18N2O2. The lowest BCUT2D eigenvalue weighted by Gasteiger charge is -2.15. The van der Waals surface area contributed by atoms with Gasteiger partial charge in [-0.1, -0.05) is 19.1 Å². The Morgan fingerprint density at radius 2 is 2.28 bits per heavy atom. The molecule has 96 valence electrons. The number of aryl methyl sites for hydroxylation is 1. The van der Waals surface area contributed by atoms with Crippen molar-refractivity contribution in [3.05, 3.63) is 29.3 Å². The van der Waals surface area contributed by atoms with Crippen molar-refractivity contribution in [2.24, 2.45) is 5.92 Å². The smallest absolute Gasteiger partial charge is 0.303 e. The molecule has 0 aromatic heterocycles. The third-order valence-corrected chi connectivity index (χ3v) is 2.87. The summed E-state index contributed by atoms with van der Waals surface area (Å²) in [5.74, 6) is -0.511. The standard InChI is InChI=1S/C14H18N2O2/c1-10(6-7-13(17)18)9-16-14-11(2)4-3-5-12(14)8-15/h3-5,10,16H,6-7,9H2,1-2H3,(H,17,18). The van der Waals surface area contributed by atoms with Crippen LogP contribution in [0.1, 0.15) is 30.9 Å². The van der Waals surface area contributed by atoms with Crippen LogP contribution in [-0.4, -0.2) is 17.6 Å². The molecule has 0 aliphatic carbocycles. The summed E-state index contributed by atoms with van der Waals surface area (Å²) in [6.45, 7) is 4.62. The van der Waals surface area contributed by atoms with Crippen molar-refractivity contribution in [2.45, 2.75) is 26.7 Å². The zero-order valence-corrected chi connectivity index (χ0v) is 10.7. The summed E-state index contributed by atoms with van der Waals surface area (Å²) in [7, 11) is 0. The fraction of sp³-hybridized carbons (Fsp3) is 0.429. The van der Waals surface area contributed by atoms with E-state index in [4.69, 9.17) is 10.4 Å². The van der Waals surface area contributed by atoms with Crippen LogP contribution in [0.4, 0.5) is 5.69 Å². The number of nitrogens with one attached hydrogen (secondary N) is 1. The van der Waals surface area contributed by atoms with Crippen molar-refractivity contribution in [2.75, 3.05) is 11.9 Å². The molecule has 1 aromatic rings. The number of carboxylic acid groups (broad SMARTS) is 1. The topological polar surface area (TPSA) is 73.1 Å². The summed E-state index contributed by atoms with van der Waals surface area (Å²) < 4.78 is 0. The molecule has 0 saturated carbocycles. The highest BCUT2D eigenvalue weighted by atomic mass is 16.4. The second-order valence-electron chi connectivity index (χ2n) is 4.53. The molecule has 1 atom stereocenters. The molecule has 0 heterocycles. The fourth-order valence-corrected chi connectivity index (χ4v) is 1.74.